The maximum absolute atomic E-state index is 10.8. The van der Waals surface area contributed by atoms with Crippen LogP contribution in [0.1, 0.15) is 6.92 Å². The van der Waals surface area contributed by atoms with E-state index in [4.69, 9.17) is 11.6 Å². The molecule has 0 atom stereocenters. The van der Waals surface area contributed by atoms with E-state index in [2.05, 4.69) is 0 Å². The molecule has 0 aromatic carbocycles. The Kier molecular flexibility index (Phi) is 5.56. The Bertz CT molecular complexity index is 338. The smallest absolute Gasteiger partial charge is 0.319 e. The van der Waals surface area contributed by atoms with E-state index < -0.39 is 0 Å². The molecule has 1 rings (SSSR count). The van der Waals surface area contributed by atoms with Crippen molar-refractivity contribution in [2.24, 2.45) is 14.1 Å². The average Bonchev–Trinajstić information content (AvgIpc) is 2.24. The van der Waals surface area contributed by atoms with Crippen LogP contribution < -0.4 is 17.0 Å². The molecule has 3 nitrogen and oxygen atoms in total. The van der Waals surface area contributed by atoms with Crippen LogP contribution in [0, 0.1) is 0 Å². The summed E-state index contributed by atoms with van der Waals surface area (Å²) < 4.78 is 3.77. The number of rotatable bonds is 3. The molecule has 0 amide bonds. The number of nitrogens with zero attached hydrogens (tertiary/aromatic N) is 2. The van der Waals surface area contributed by atoms with E-state index in [0.717, 1.165) is 5.16 Å². The summed E-state index contributed by atoms with van der Waals surface area (Å²) in [6.07, 6.45) is 1.82. The van der Waals surface area contributed by atoms with E-state index in [1.807, 2.05) is 29.4 Å². The van der Waals surface area contributed by atoms with Crippen LogP contribution in [-0.2, 0) is 18.9 Å². The zero-order valence-corrected chi connectivity index (χ0v) is 10.6. The molecule has 0 radical (unpaired) electrons. The van der Waals surface area contributed by atoms with Gasteiger partial charge in [0, 0.05) is 0 Å². The van der Waals surface area contributed by atoms with Crippen molar-refractivity contribution >= 4 is 29.1 Å². The van der Waals surface area contributed by atoms with Gasteiger partial charge in [-0.3, -0.25) is 4.79 Å². The molecule has 0 aliphatic rings. The number of ketones is 1. The van der Waals surface area contributed by atoms with Crippen molar-refractivity contribution < 1.29 is 21.8 Å². The minimum atomic E-state index is 0. The molecule has 6 heteroatoms. The first-order valence-electron chi connectivity index (χ1n) is 3.85. The van der Waals surface area contributed by atoms with Crippen molar-refractivity contribution in [3.63, 3.8) is 0 Å². The van der Waals surface area contributed by atoms with E-state index in [1.165, 1.54) is 11.8 Å². The van der Waals surface area contributed by atoms with Gasteiger partial charge in [0.25, 0.3) is 0 Å². The van der Waals surface area contributed by atoms with Crippen molar-refractivity contribution in [1.29, 1.82) is 0 Å². The molecule has 0 aliphatic carbocycles. The predicted octanol–water partition coefficient (Wildman–Crippen LogP) is -1.81. The highest BCUT2D eigenvalue weighted by Crippen LogP contribution is 2.17. The van der Waals surface area contributed by atoms with Gasteiger partial charge in [-0.15, -0.1) is 0 Å². The fourth-order valence-corrected chi connectivity index (χ4v) is 2.15. The SMILES string of the molecule is CC(=O)CSc1n(C)c(Cl)c[n+]1C.[Cl-]. The van der Waals surface area contributed by atoms with Crippen molar-refractivity contribution in [1.82, 2.24) is 4.57 Å². The zero-order chi connectivity index (χ0) is 10.0. The molecule has 1 heterocycles. The van der Waals surface area contributed by atoms with Crippen LogP contribution in [0.3, 0.4) is 0 Å². The molecular formula is C8H12Cl2N2OS. The normalized spacial score (nSPS) is 9.71. The summed E-state index contributed by atoms with van der Waals surface area (Å²) in [4.78, 5) is 10.8. The van der Waals surface area contributed by atoms with Crippen LogP contribution in [0.4, 0.5) is 0 Å². The quantitative estimate of drug-likeness (QED) is 0.470. The molecule has 80 valence electrons. The first-order chi connectivity index (χ1) is 6.02. The Morgan fingerprint density at radius 3 is 2.64 bits per heavy atom. The predicted molar refractivity (Wildman–Crippen MR) is 53.0 cm³/mol. The fraction of sp³-hybridized carbons (Fsp3) is 0.500. The summed E-state index contributed by atoms with van der Waals surface area (Å²) in [5.74, 6) is 0.657. The third-order valence-corrected chi connectivity index (χ3v) is 3.34. The number of thioether (sulfide) groups is 1. The van der Waals surface area contributed by atoms with Gasteiger partial charge in [-0.25, -0.2) is 9.13 Å². The largest absolute Gasteiger partial charge is 1.00 e. The third-order valence-electron chi connectivity index (χ3n) is 1.61. The first kappa shape index (κ1) is 13.8. The minimum Gasteiger partial charge on any atom is -1.00 e. The number of halogens is 2. The highest BCUT2D eigenvalue weighted by Gasteiger charge is 2.17. The Labute approximate surface area is 98.8 Å². The zero-order valence-electron chi connectivity index (χ0n) is 8.25. The van der Waals surface area contributed by atoms with Crippen molar-refractivity contribution in [2.75, 3.05) is 5.75 Å². The van der Waals surface area contributed by atoms with Gasteiger partial charge in [-0.2, -0.15) is 0 Å². The Hall–Kier alpha value is -0.190. The van der Waals surface area contributed by atoms with Crippen LogP contribution in [0.15, 0.2) is 11.4 Å². The van der Waals surface area contributed by atoms with Crippen LogP contribution in [0.2, 0.25) is 5.15 Å². The fourth-order valence-electron chi connectivity index (χ4n) is 0.994. The summed E-state index contributed by atoms with van der Waals surface area (Å²) in [6, 6.07) is 0. The second-order valence-electron chi connectivity index (χ2n) is 2.90. The molecule has 0 unspecified atom stereocenters. The number of imidazole rings is 1. The minimum absolute atomic E-state index is 0. The first-order valence-corrected chi connectivity index (χ1v) is 5.22. The second-order valence-corrected chi connectivity index (χ2v) is 4.22. The molecule has 0 saturated heterocycles. The van der Waals surface area contributed by atoms with E-state index in [-0.39, 0.29) is 18.2 Å². The van der Waals surface area contributed by atoms with Crippen LogP contribution in [0.5, 0.6) is 0 Å². The lowest BCUT2D eigenvalue weighted by atomic mass is 10.5. The van der Waals surface area contributed by atoms with Crippen molar-refractivity contribution in [2.45, 2.75) is 12.1 Å². The number of carbonyl (C=O) groups is 1. The van der Waals surface area contributed by atoms with Crippen LogP contribution >= 0.6 is 23.4 Å². The Morgan fingerprint density at radius 1 is 1.71 bits per heavy atom. The Balaban J connectivity index is 0.00000169. The molecule has 0 fully saturated rings. The highest BCUT2D eigenvalue weighted by atomic mass is 35.5. The van der Waals surface area contributed by atoms with Crippen LogP contribution in [0.25, 0.3) is 0 Å². The average molecular weight is 255 g/mol. The van der Waals surface area contributed by atoms with Gasteiger partial charge in [0.1, 0.15) is 12.0 Å². The lowest BCUT2D eigenvalue weighted by molar-refractivity contribution is -0.709. The molecule has 1 aromatic rings. The van der Waals surface area contributed by atoms with E-state index in [1.54, 1.807) is 6.92 Å². The Morgan fingerprint density at radius 2 is 2.29 bits per heavy atom. The van der Waals surface area contributed by atoms with Gasteiger partial charge in [0.05, 0.1) is 19.8 Å². The van der Waals surface area contributed by atoms with Crippen molar-refractivity contribution in [3.05, 3.63) is 11.3 Å². The lowest BCUT2D eigenvalue weighted by Gasteiger charge is -1.95. The maximum atomic E-state index is 10.8. The lowest BCUT2D eigenvalue weighted by Crippen LogP contribution is -3.00. The van der Waals surface area contributed by atoms with Crippen LogP contribution in [-0.4, -0.2) is 16.1 Å². The topological polar surface area (TPSA) is 25.9 Å². The maximum Gasteiger partial charge on any atom is 0.319 e. The van der Waals surface area contributed by atoms with Gasteiger partial charge in [0.15, 0.2) is 0 Å². The number of hydrogen-bond donors (Lipinski definition) is 0. The highest BCUT2D eigenvalue weighted by molar-refractivity contribution is 7.99. The molecule has 0 bridgehead atoms. The van der Waals surface area contributed by atoms with Gasteiger partial charge >= 0.3 is 5.16 Å². The molecular weight excluding hydrogens is 243 g/mol. The summed E-state index contributed by atoms with van der Waals surface area (Å²) in [5, 5.41) is 1.66. The standard InChI is InChI=1S/C8H12ClN2OS.ClH/c1-6(12)5-13-8-10(2)4-7(9)11(8)3;/h4H,5H2,1-3H3;1H/q+1;/p-1. The van der Waals surface area contributed by atoms with E-state index in [9.17, 15) is 4.79 Å². The molecule has 1 aromatic heterocycles. The number of carbonyl (C=O) groups excluding carboxylic acids is 1. The van der Waals surface area contributed by atoms with E-state index >= 15 is 0 Å². The number of hydrogen-bond acceptors (Lipinski definition) is 2. The summed E-state index contributed by atoms with van der Waals surface area (Å²) in [6.45, 7) is 1.58. The molecule has 14 heavy (non-hydrogen) atoms. The second kappa shape index (κ2) is 5.63. The molecule has 0 aliphatic heterocycles. The molecule has 0 N–H and O–H groups in total. The number of aryl methyl sites for hydroxylation is 1. The van der Waals surface area contributed by atoms with Gasteiger partial charge in [-0.1, -0.05) is 0 Å². The van der Waals surface area contributed by atoms with Gasteiger partial charge < -0.3 is 12.4 Å². The number of Topliss-reactive ketones (excluding diaryl/α,β-unsaturated/α-hetero) is 1. The summed E-state index contributed by atoms with van der Waals surface area (Å²) in [7, 11) is 3.79. The molecule has 0 spiro atoms. The summed E-state index contributed by atoms with van der Waals surface area (Å²) >= 11 is 7.39. The van der Waals surface area contributed by atoms with Crippen molar-refractivity contribution in [3.8, 4) is 0 Å². The molecule has 0 saturated carbocycles. The van der Waals surface area contributed by atoms with Gasteiger partial charge in [-0.05, 0) is 30.3 Å². The van der Waals surface area contributed by atoms with Gasteiger partial charge in [0.2, 0.25) is 5.15 Å². The number of aromatic nitrogens is 2. The van der Waals surface area contributed by atoms with E-state index in [0.29, 0.717) is 10.9 Å². The monoisotopic (exact) mass is 254 g/mol. The summed E-state index contributed by atoms with van der Waals surface area (Å²) in [5.41, 5.74) is 0. The third kappa shape index (κ3) is 3.19.